The van der Waals surface area contributed by atoms with Crippen LogP contribution in [0, 0.1) is 13.8 Å². The summed E-state index contributed by atoms with van der Waals surface area (Å²) in [6.07, 6.45) is -1.78. The highest BCUT2D eigenvalue weighted by atomic mass is 35.5. The fraction of sp³-hybridized carbons (Fsp3) is 0.500. The fourth-order valence-corrected chi connectivity index (χ4v) is 3.66. The van der Waals surface area contributed by atoms with Gasteiger partial charge in [-0.3, -0.25) is 4.68 Å². The molecule has 130 valence electrons. The van der Waals surface area contributed by atoms with Crippen molar-refractivity contribution in [1.82, 2.24) is 14.8 Å². The van der Waals surface area contributed by atoms with Crippen molar-refractivity contribution in [2.75, 3.05) is 11.4 Å². The zero-order valence-electron chi connectivity index (χ0n) is 13.7. The highest BCUT2D eigenvalue weighted by Crippen LogP contribution is 2.41. The van der Waals surface area contributed by atoms with E-state index in [-0.39, 0.29) is 11.1 Å². The summed E-state index contributed by atoms with van der Waals surface area (Å²) in [6, 6.07) is 0.975. The van der Waals surface area contributed by atoms with Crippen LogP contribution in [0.25, 0.3) is 0 Å². The van der Waals surface area contributed by atoms with E-state index in [9.17, 15) is 13.2 Å². The molecule has 1 saturated heterocycles. The first-order valence-corrected chi connectivity index (χ1v) is 8.07. The lowest BCUT2D eigenvalue weighted by Gasteiger charge is -2.27. The van der Waals surface area contributed by atoms with Gasteiger partial charge in [-0.2, -0.15) is 18.3 Å². The summed E-state index contributed by atoms with van der Waals surface area (Å²) in [5.74, 6) is 0.398. The predicted molar refractivity (Wildman–Crippen MR) is 86.3 cm³/mol. The third-order valence-electron chi connectivity index (χ3n) is 4.57. The molecule has 3 heterocycles. The van der Waals surface area contributed by atoms with Gasteiger partial charge in [-0.05, 0) is 32.8 Å². The molecule has 1 aliphatic heterocycles. The van der Waals surface area contributed by atoms with Crippen molar-refractivity contribution in [3.05, 3.63) is 39.8 Å². The molecule has 0 amide bonds. The second-order valence-corrected chi connectivity index (χ2v) is 6.49. The van der Waals surface area contributed by atoms with Crippen LogP contribution in [-0.4, -0.2) is 21.3 Å². The van der Waals surface area contributed by atoms with Crippen LogP contribution in [-0.2, 0) is 13.2 Å². The number of aromatic nitrogens is 3. The zero-order valence-corrected chi connectivity index (χ0v) is 14.4. The van der Waals surface area contributed by atoms with Crippen LogP contribution in [0.15, 0.2) is 12.3 Å². The number of anilines is 1. The Balaban J connectivity index is 2.00. The van der Waals surface area contributed by atoms with Crippen LogP contribution < -0.4 is 4.90 Å². The molecule has 0 N–H and O–H groups in total. The van der Waals surface area contributed by atoms with Gasteiger partial charge in [-0.25, -0.2) is 4.98 Å². The van der Waals surface area contributed by atoms with E-state index < -0.39 is 11.7 Å². The molecule has 1 aliphatic rings. The third-order valence-corrected chi connectivity index (χ3v) is 4.85. The minimum Gasteiger partial charge on any atom is -0.348 e. The van der Waals surface area contributed by atoms with Gasteiger partial charge in [-0.15, -0.1) is 0 Å². The van der Waals surface area contributed by atoms with Gasteiger partial charge < -0.3 is 4.90 Å². The van der Waals surface area contributed by atoms with Crippen molar-refractivity contribution >= 4 is 17.4 Å². The topological polar surface area (TPSA) is 34.0 Å². The van der Waals surface area contributed by atoms with Gasteiger partial charge in [0.15, 0.2) is 0 Å². The van der Waals surface area contributed by atoms with Crippen molar-refractivity contribution in [3.8, 4) is 0 Å². The Bertz CT molecular complexity index is 769. The number of hydrogen-bond donors (Lipinski definition) is 0. The molecule has 0 aliphatic carbocycles. The lowest BCUT2D eigenvalue weighted by Crippen LogP contribution is -2.25. The molecule has 1 unspecified atom stereocenters. The normalized spacial score (nSPS) is 18.5. The van der Waals surface area contributed by atoms with Crippen molar-refractivity contribution in [2.45, 2.75) is 38.9 Å². The van der Waals surface area contributed by atoms with Gasteiger partial charge in [0.1, 0.15) is 5.82 Å². The van der Waals surface area contributed by atoms with E-state index >= 15 is 0 Å². The van der Waals surface area contributed by atoms with E-state index in [1.54, 1.807) is 0 Å². The summed E-state index contributed by atoms with van der Waals surface area (Å²) in [5, 5.41) is 4.46. The average Bonchev–Trinajstić information content (AvgIpc) is 3.03. The summed E-state index contributed by atoms with van der Waals surface area (Å²) in [4.78, 5) is 6.00. The maximum absolute atomic E-state index is 12.8. The molecule has 2 aromatic heterocycles. The Morgan fingerprint density at radius 1 is 1.29 bits per heavy atom. The molecule has 8 heteroatoms. The van der Waals surface area contributed by atoms with Crippen LogP contribution in [0.1, 0.15) is 41.4 Å². The minimum atomic E-state index is -4.45. The Morgan fingerprint density at radius 3 is 2.54 bits per heavy atom. The molecule has 3 rings (SSSR count). The Kier molecular flexibility index (Phi) is 4.23. The summed E-state index contributed by atoms with van der Waals surface area (Å²) < 4.78 is 40.2. The fourth-order valence-electron chi connectivity index (χ4n) is 3.39. The molecule has 0 saturated carbocycles. The van der Waals surface area contributed by atoms with E-state index in [4.69, 9.17) is 11.6 Å². The molecule has 1 fully saturated rings. The molecule has 0 bridgehead atoms. The molecular formula is C16H18ClF3N4. The summed E-state index contributed by atoms with van der Waals surface area (Å²) >= 11 is 6.13. The Hall–Kier alpha value is -1.76. The maximum Gasteiger partial charge on any atom is 0.417 e. The molecule has 0 aromatic carbocycles. The molecule has 4 nitrogen and oxygen atoms in total. The number of halogens is 4. The molecule has 0 radical (unpaired) electrons. The van der Waals surface area contributed by atoms with Crippen LogP contribution in [0.3, 0.4) is 0 Å². The van der Waals surface area contributed by atoms with Crippen LogP contribution in [0.4, 0.5) is 19.0 Å². The molecule has 2 aromatic rings. The first-order chi connectivity index (χ1) is 11.2. The Labute approximate surface area is 143 Å². The number of nitrogens with zero attached hydrogens (tertiary/aromatic N) is 4. The maximum atomic E-state index is 12.8. The van der Waals surface area contributed by atoms with Gasteiger partial charge in [-0.1, -0.05) is 11.6 Å². The van der Waals surface area contributed by atoms with Crippen molar-refractivity contribution in [3.63, 3.8) is 0 Å². The quantitative estimate of drug-likeness (QED) is 0.795. The second-order valence-electron chi connectivity index (χ2n) is 6.09. The standard InChI is InChI=1S/C16H18ClF3N4/c1-9-14(10(2)23(3)22-9)13-5-4-6-24(13)15-12(17)7-11(8-21-15)16(18,19)20/h7-8,13H,4-6H2,1-3H3. The molecule has 0 spiro atoms. The minimum absolute atomic E-state index is 0.0240. The Morgan fingerprint density at radius 2 is 2.00 bits per heavy atom. The number of rotatable bonds is 2. The molecule has 1 atom stereocenters. The zero-order chi connectivity index (χ0) is 17.6. The van der Waals surface area contributed by atoms with Gasteiger partial charge in [0, 0.05) is 31.0 Å². The van der Waals surface area contributed by atoms with E-state index in [1.807, 2.05) is 30.5 Å². The van der Waals surface area contributed by atoms with Gasteiger partial charge >= 0.3 is 6.18 Å². The first-order valence-electron chi connectivity index (χ1n) is 7.69. The molecular weight excluding hydrogens is 341 g/mol. The van der Waals surface area contributed by atoms with E-state index in [1.165, 1.54) is 0 Å². The van der Waals surface area contributed by atoms with Crippen molar-refractivity contribution in [1.29, 1.82) is 0 Å². The monoisotopic (exact) mass is 358 g/mol. The smallest absolute Gasteiger partial charge is 0.348 e. The van der Waals surface area contributed by atoms with Crippen LogP contribution in [0.2, 0.25) is 5.02 Å². The third kappa shape index (κ3) is 2.85. The number of alkyl halides is 3. The lowest BCUT2D eigenvalue weighted by molar-refractivity contribution is -0.137. The van der Waals surface area contributed by atoms with Gasteiger partial charge in [0.25, 0.3) is 0 Å². The van der Waals surface area contributed by atoms with Gasteiger partial charge in [0.2, 0.25) is 0 Å². The number of aryl methyl sites for hydroxylation is 2. The van der Waals surface area contributed by atoms with Crippen molar-refractivity contribution in [2.24, 2.45) is 7.05 Å². The van der Waals surface area contributed by atoms with Crippen LogP contribution in [0.5, 0.6) is 0 Å². The van der Waals surface area contributed by atoms with E-state index in [0.717, 1.165) is 42.1 Å². The van der Waals surface area contributed by atoms with Gasteiger partial charge in [0.05, 0.1) is 22.3 Å². The number of pyridine rings is 1. The summed E-state index contributed by atoms with van der Waals surface area (Å²) in [6.45, 7) is 4.64. The average molecular weight is 359 g/mol. The van der Waals surface area contributed by atoms with Crippen molar-refractivity contribution < 1.29 is 13.2 Å². The SMILES string of the molecule is Cc1nn(C)c(C)c1C1CCCN1c1ncc(C(F)(F)F)cc1Cl. The van der Waals surface area contributed by atoms with Crippen LogP contribution >= 0.6 is 11.6 Å². The lowest BCUT2D eigenvalue weighted by atomic mass is 10.0. The number of hydrogen-bond acceptors (Lipinski definition) is 3. The second kappa shape index (κ2) is 5.95. The highest BCUT2D eigenvalue weighted by molar-refractivity contribution is 6.33. The summed E-state index contributed by atoms with van der Waals surface area (Å²) in [5.41, 5.74) is 2.25. The predicted octanol–water partition coefficient (Wildman–Crippen LogP) is 4.45. The summed E-state index contributed by atoms with van der Waals surface area (Å²) in [7, 11) is 1.88. The van der Waals surface area contributed by atoms with E-state index in [2.05, 4.69) is 10.1 Å². The molecule has 24 heavy (non-hydrogen) atoms. The first kappa shape index (κ1) is 17.1. The van der Waals surface area contributed by atoms with E-state index in [0.29, 0.717) is 12.4 Å². The highest BCUT2D eigenvalue weighted by Gasteiger charge is 2.35. The largest absolute Gasteiger partial charge is 0.417 e.